The number of benzene rings is 1. The zero-order valence-corrected chi connectivity index (χ0v) is 12.1. The van der Waals surface area contributed by atoms with E-state index in [-0.39, 0.29) is 18.4 Å². The predicted octanol–water partition coefficient (Wildman–Crippen LogP) is 2.69. The van der Waals surface area contributed by atoms with Crippen molar-refractivity contribution < 1.29 is 4.74 Å². The molecule has 1 unspecified atom stereocenters. The molecule has 2 N–H and O–H groups in total. The molecule has 18 heavy (non-hydrogen) atoms. The van der Waals surface area contributed by atoms with Crippen LogP contribution in [-0.2, 0) is 6.54 Å². The Morgan fingerprint density at radius 3 is 2.94 bits per heavy atom. The topological polar surface area (TPSA) is 38.5 Å². The Bertz CT molecular complexity index is 387. The van der Waals surface area contributed by atoms with Gasteiger partial charge in [-0.2, -0.15) is 0 Å². The molecular formula is C13H20Cl2N2O. The number of ether oxygens (including phenoxy) is 1. The lowest BCUT2D eigenvalue weighted by Gasteiger charge is -2.31. The monoisotopic (exact) mass is 290 g/mol. The highest BCUT2D eigenvalue weighted by molar-refractivity contribution is 6.31. The molecule has 1 saturated heterocycles. The molecule has 0 bridgehead atoms. The summed E-state index contributed by atoms with van der Waals surface area (Å²) in [6.45, 7) is 2.84. The standard InChI is InChI=1S/C13H19ClN2O.ClH/c1-17-13-6-2-5-12(14)11(13)9-16-7-3-4-10(15)8-16;/h2,5-6,10H,3-4,7-9,15H2,1H3;1H. The van der Waals surface area contributed by atoms with Crippen LogP contribution < -0.4 is 10.5 Å². The highest BCUT2D eigenvalue weighted by Crippen LogP contribution is 2.28. The van der Waals surface area contributed by atoms with E-state index >= 15 is 0 Å². The van der Waals surface area contributed by atoms with E-state index in [9.17, 15) is 0 Å². The van der Waals surface area contributed by atoms with Gasteiger partial charge in [-0.15, -0.1) is 12.4 Å². The van der Waals surface area contributed by atoms with Gasteiger partial charge in [0, 0.05) is 29.7 Å². The fraction of sp³-hybridized carbons (Fsp3) is 0.538. The van der Waals surface area contributed by atoms with Crippen molar-refractivity contribution in [1.82, 2.24) is 4.90 Å². The summed E-state index contributed by atoms with van der Waals surface area (Å²) in [6, 6.07) is 6.05. The number of rotatable bonds is 3. The van der Waals surface area contributed by atoms with Gasteiger partial charge < -0.3 is 10.5 Å². The van der Waals surface area contributed by atoms with Crippen LogP contribution in [0.2, 0.25) is 5.02 Å². The summed E-state index contributed by atoms with van der Waals surface area (Å²) in [6.07, 6.45) is 2.28. The van der Waals surface area contributed by atoms with Gasteiger partial charge in [0.05, 0.1) is 7.11 Å². The zero-order chi connectivity index (χ0) is 12.3. The third kappa shape index (κ3) is 3.75. The van der Waals surface area contributed by atoms with Crippen LogP contribution in [0.3, 0.4) is 0 Å². The number of nitrogens with two attached hydrogens (primary N) is 1. The van der Waals surface area contributed by atoms with E-state index in [0.29, 0.717) is 0 Å². The summed E-state index contributed by atoms with van der Waals surface area (Å²) in [5, 5.41) is 0.767. The molecule has 1 atom stereocenters. The predicted molar refractivity (Wildman–Crippen MR) is 77.7 cm³/mol. The van der Waals surface area contributed by atoms with Gasteiger partial charge in [-0.05, 0) is 31.5 Å². The van der Waals surface area contributed by atoms with Crippen molar-refractivity contribution in [3.63, 3.8) is 0 Å². The van der Waals surface area contributed by atoms with Gasteiger partial charge in [-0.3, -0.25) is 4.90 Å². The molecule has 5 heteroatoms. The molecule has 1 heterocycles. The van der Waals surface area contributed by atoms with Gasteiger partial charge in [0.25, 0.3) is 0 Å². The fourth-order valence-electron chi connectivity index (χ4n) is 2.34. The maximum Gasteiger partial charge on any atom is 0.124 e. The van der Waals surface area contributed by atoms with Crippen LogP contribution in [0, 0.1) is 0 Å². The van der Waals surface area contributed by atoms with Gasteiger partial charge in [-0.25, -0.2) is 0 Å². The van der Waals surface area contributed by atoms with E-state index in [0.717, 1.165) is 48.8 Å². The van der Waals surface area contributed by atoms with E-state index in [4.69, 9.17) is 22.1 Å². The molecule has 2 rings (SSSR count). The Morgan fingerprint density at radius 1 is 1.50 bits per heavy atom. The number of halogens is 2. The van der Waals surface area contributed by atoms with E-state index in [2.05, 4.69) is 4.90 Å². The molecule has 0 radical (unpaired) electrons. The second-order valence-corrected chi connectivity index (χ2v) is 4.97. The molecule has 0 aliphatic carbocycles. The average molecular weight is 291 g/mol. The number of hydrogen-bond donors (Lipinski definition) is 1. The molecular weight excluding hydrogens is 271 g/mol. The highest BCUT2D eigenvalue weighted by Gasteiger charge is 2.19. The summed E-state index contributed by atoms with van der Waals surface area (Å²) in [4.78, 5) is 2.35. The smallest absolute Gasteiger partial charge is 0.124 e. The minimum Gasteiger partial charge on any atom is -0.496 e. The summed E-state index contributed by atoms with van der Waals surface area (Å²) < 4.78 is 5.35. The SMILES string of the molecule is COc1cccc(Cl)c1CN1CCCC(N)C1.Cl. The van der Waals surface area contributed by atoms with Gasteiger partial charge >= 0.3 is 0 Å². The van der Waals surface area contributed by atoms with Crippen molar-refractivity contribution >= 4 is 24.0 Å². The first-order chi connectivity index (χ1) is 8.20. The lowest BCUT2D eigenvalue weighted by atomic mass is 10.1. The molecule has 1 aliphatic heterocycles. The van der Waals surface area contributed by atoms with Crippen LogP contribution in [0.15, 0.2) is 18.2 Å². The molecule has 0 spiro atoms. The van der Waals surface area contributed by atoms with Crippen LogP contribution >= 0.6 is 24.0 Å². The molecule has 0 aromatic heterocycles. The first kappa shape index (κ1) is 15.6. The first-order valence-corrected chi connectivity index (χ1v) is 6.38. The molecule has 1 aliphatic rings. The molecule has 1 aromatic rings. The molecule has 3 nitrogen and oxygen atoms in total. The maximum absolute atomic E-state index is 6.23. The Kier molecular flexibility index (Phi) is 6.22. The van der Waals surface area contributed by atoms with Crippen molar-refractivity contribution in [2.75, 3.05) is 20.2 Å². The second kappa shape index (κ2) is 7.19. The highest BCUT2D eigenvalue weighted by atomic mass is 35.5. The molecule has 0 amide bonds. The lowest BCUT2D eigenvalue weighted by molar-refractivity contribution is 0.199. The van der Waals surface area contributed by atoms with Gasteiger partial charge in [0.1, 0.15) is 5.75 Å². The van der Waals surface area contributed by atoms with Gasteiger partial charge in [0.15, 0.2) is 0 Å². The normalized spacial score (nSPS) is 20.3. The summed E-state index contributed by atoms with van der Waals surface area (Å²) >= 11 is 6.23. The fourth-order valence-corrected chi connectivity index (χ4v) is 2.57. The first-order valence-electron chi connectivity index (χ1n) is 6.00. The van der Waals surface area contributed by atoms with Crippen LogP contribution in [0.1, 0.15) is 18.4 Å². The molecule has 0 saturated carbocycles. The van der Waals surface area contributed by atoms with Crippen molar-refractivity contribution in [1.29, 1.82) is 0 Å². The van der Waals surface area contributed by atoms with Crippen molar-refractivity contribution in [3.05, 3.63) is 28.8 Å². The van der Waals surface area contributed by atoms with E-state index in [1.165, 1.54) is 0 Å². The summed E-state index contributed by atoms with van der Waals surface area (Å²) in [5.74, 6) is 0.858. The summed E-state index contributed by atoms with van der Waals surface area (Å²) in [5.41, 5.74) is 7.04. The van der Waals surface area contributed by atoms with Crippen LogP contribution in [0.25, 0.3) is 0 Å². The largest absolute Gasteiger partial charge is 0.496 e. The molecule has 102 valence electrons. The maximum atomic E-state index is 6.23. The Labute approximate surface area is 120 Å². The van der Waals surface area contributed by atoms with E-state index in [1.807, 2.05) is 18.2 Å². The Morgan fingerprint density at radius 2 is 2.28 bits per heavy atom. The number of hydrogen-bond acceptors (Lipinski definition) is 3. The molecule has 1 fully saturated rings. The lowest BCUT2D eigenvalue weighted by Crippen LogP contribution is -2.42. The van der Waals surface area contributed by atoms with Crippen LogP contribution in [0.5, 0.6) is 5.75 Å². The third-order valence-electron chi connectivity index (χ3n) is 3.22. The number of piperidine rings is 1. The van der Waals surface area contributed by atoms with Gasteiger partial charge in [-0.1, -0.05) is 17.7 Å². The van der Waals surface area contributed by atoms with Crippen molar-refractivity contribution in [2.45, 2.75) is 25.4 Å². The van der Waals surface area contributed by atoms with Gasteiger partial charge in [0.2, 0.25) is 0 Å². The second-order valence-electron chi connectivity index (χ2n) is 4.56. The van der Waals surface area contributed by atoms with E-state index in [1.54, 1.807) is 7.11 Å². The molecule has 1 aromatic carbocycles. The third-order valence-corrected chi connectivity index (χ3v) is 3.57. The number of likely N-dealkylation sites (tertiary alicyclic amines) is 1. The average Bonchev–Trinajstić information content (AvgIpc) is 2.32. The minimum absolute atomic E-state index is 0. The number of methoxy groups -OCH3 is 1. The van der Waals surface area contributed by atoms with Crippen molar-refractivity contribution in [3.8, 4) is 5.75 Å². The quantitative estimate of drug-likeness (QED) is 0.930. The Hall–Kier alpha value is -0.480. The minimum atomic E-state index is 0. The summed E-state index contributed by atoms with van der Waals surface area (Å²) in [7, 11) is 1.68. The van der Waals surface area contributed by atoms with Crippen molar-refractivity contribution in [2.24, 2.45) is 5.73 Å². The zero-order valence-electron chi connectivity index (χ0n) is 10.6. The van der Waals surface area contributed by atoms with E-state index < -0.39 is 0 Å². The van der Waals surface area contributed by atoms with Crippen LogP contribution in [0.4, 0.5) is 0 Å². The Balaban J connectivity index is 0.00000162. The number of nitrogens with zero attached hydrogens (tertiary/aromatic N) is 1. The van der Waals surface area contributed by atoms with Crippen LogP contribution in [-0.4, -0.2) is 31.1 Å².